The van der Waals surface area contributed by atoms with Crippen LogP contribution in [-0.4, -0.2) is 28.3 Å². The van der Waals surface area contributed by atoms with Gasteiger partial charge in [0.05, 0.1) is 11.7 Å². The molecule has 1 heterocycles. The van der Waals surface area contributed by atoms with Crippen molar-refractivity contribution in [2.75, 3.05) is 0 Å². The summed E-state index contributed by atoms with van der Waals surface area (Å²) in [5.74, 6) is 0.905. The fraction of sp³-hybridized carbons (Fsp3) is 0.467. The summed E-state index contributed by atoms with van der Waals surface area (Å²) in [6, 6.07) is 6.18. The number of hydrogen-bond acceptors (Lipinski definition) is 3. The van der Waals surface area contributed by atoms with E-state index in [-0.39, 0.29) is 18.1 Å². The standard InChI is InChI=1S/C15H19N3O2/c1-10(19)17-12-3-2-4-13(8-12)20-14-5-6-15-11(7-14)9-16-18-15/h5-7,9,12-13H,2-4,8H2,1H3,(H,16,18)(H,17,19)/t12-,13-/m1/s1. The Morgan fingerprint density at radius 2 is 2.35 bits per heavy atom. The van der Waals surface area contributed by atoms with Gasteiger partial charge < -0.3 is 10.1 Å². The summed E-state index contributed by atoms with van der Waals surface area (Å²) in [5.41, 5.74) is 1.01. The highest BCUT2D eigenvalue weighted by Gasteiger charge is 2.23. The van der Waals surface area contributed by atoms with Crippen LogP contribution in [0.2, 0.25) is 0 Å². The number of rotatable bonds is 3. The maximum absolute atomic E-state index is 11.1. The molecule has 0 aliphatic heterocycles. The number of nitrogens with one attached hydrogen (secondary N) is 2. The Morgan fingerprint density at radius 1 is 1.45 bits per heavy atom. The number of ether oxygens (including phenoxy) is 1. The summed E-state index contributed by atoms with van der Waals surface area (Å²) in [5, 5.41) is 11.0. The first-order valence-electron chi connectivity index (χ1n) is 7.07. The average molecular weight is 273 g/mol. The molecule has 0 radical (unpaired) electrons. The largest absolute Gasteiger partial charge is 0.490 e. The van der Waals surface area contributed by atoms with Crippen molar-refractivity contribution in [1.82, 2.24) is 15.5 Å². The molecule has 106 valence electrons. The van der Waals surface area contributed by atoms with Crippen molar-refractivity contribution in [2.24, 2.45) is 0 Å². The molecular weight excluding hydrogens is 254 g/mol. The number of carbonyl (C=O) groups is 1. The quantitative estimate of drug-likeness (QED) is 0.902. The predicted octanol–water partition coefficient (Wildman–Crippen LogP) is 2.39. The van der Waals surface area contributed by atoms with Gasteiger partial charge in [-0.1, -0.05) is 0 Å². The summed E-state index contributed by atoms with van der Waals surface area (Å²) < 4.78 is 6.05. The fourth-order valence-electron chi connectivity index (χ4n) is 2.86. The second-order valence-corrected chi connectivity index (χ2v) is 5.42. The van der Waals surface area contributed by atoms with Gasteiger partial charge in [-0.2, -0.15) is 5.10 Å². The first kappa shape index (κ1) is 13.0. The van der Waals surface area contributed by atoms with Crippen LogP contribution < -0.4 is 10.1 Å². The Bertz CT molecular complexity index is 608. The van der Waals surface area contributed by atoms with E-state index in [0.717, 1.165) is 42.3 Å². The molecule has 0 unspecified atom stereocenters. The summed E-state index contributed by atoms with van der Waals surface area (Å²) in [6.07, 6.45) is 6.01. The smallest absolute Gasteiger partial charge is 0.217 e. The van der Waals surface area contributed by atoms with Crippen LogP contribution in [-0.2, 0) is 4.79 Å². The molecule has 0 saturated heterocycles. The lowest BCUT2D eigenvalue weighted by Gasteiger charge is -2.29. The van der Waals surface area contributed by atoms with E-state index in [1.54, 1.807) is 13.1 Å². The minimum Gasteiger partial charge on any atom is -0.490 e. The number of hydrogen-bond donors (Lipinski definition) is 2. The lowest BCUT2D eigenvalue weighted by molar-refractivity contribution is -0.120. The number of fused-ring (bicyclic) bond motifs is 1. The number of carbonyl (C=O) groups excluding carboxylic acids is 1. The van der Waals surface area contributed by atoms with Crippen LogP contribution in [0.25, 0.3) is 10.9 Å². The first-order valence-corrected chi connectivity index (χ1v) is 7.07. The highest BCUT2D eigenvalue weighted by Crippen LogP contribution is 2.25. The molecule has 2 aromatic rings. The molecule has 0 bridgehead atoms. The summed E-state index contributed by atoms with van der Waals surface area (Å²) in [6.45, 7) is 1.57. The van der Waals surface area contributed by atoms with Gasteiger partial charge in [0.25, 0.3) is 0 Å². The van der Waals surface area contributed by atoms with Crippen LogP contribution in [0, 0.1) is 0 Å². The van der Waals surface area contributed by atoms with Crippen molar-refractivity contribution < 1.29 is 9.53 Å². The van der Waals surface area contributed by atoms with Crippen molar-refractivity contribution >= 4 is 16.8 Å². The van der Waals surface area contributed by atoms with Gasteiger partial charge in [-0.15, -0.1) is 0 Å². The maximum Gasteiger partial charge on any atom is 0.217 e. The van der Waals surface area contributed by atoms with Gasteiger partial charge in [0, 0.05) is 24.8 Å². The van der Waals surface area contributed by atoms with E-state index in [1.807, 2.05) is 18.2 Å². The third-order valence-electron chi connectivity index (χ3n) is 3.75. The van der Waals surface area contributed by atoms with Gasteiger partial charge in [-0.05, 0) is 37.5 Å². The molecule has 1 aromatic carbocycles. The lowest BCUT2D eigenvalue weighted by Crippen LogP contribution is -2.40. The average Bonchev–Trinajstić information content (AvgIpc) is 2.85. The zero-order valence-corrected chi connectivity index (χ0v) is 11.6. The Labute approximate surface area is 117 Å². The Balaban J connectivity index is 1.65. The van der Waals surface area contributed by atoms with Gasteiger partial charge in [-0.25, -0.2) is 0 Å². The molecule has 1 saturated carbocycles. The molecule has 3 rings (SSSR count). The summed E-state index contributed by atoms with van der Waals surface area (Å²) in [7, 11) is 0. The van der Waals surface area contributed by atoms with E-state index in [2.05, 4.69) is 15.5 Å². The molecular formula is C15H19N3O2. The van der Waals surface area contributed by atoms with Gasteiger partial charge >= 0.3 is 0 Å². The second-order valence-electron chi connectivity index (χ2n) is 5.42. The number of benzene rings is 1. The highest BCUT2D eigenvalue weighted by atomic mass is 16.5. The van der Waals surface area contributed by atoms with E-state index in [0.29, 0.717) is 0 Å². The molecule has 20 heavy (non-hydrogen) atoms. The summed E-state index contributed by atoms with van der Waals surface area (Å²) in [4.78, 5) is 11.1. The Hall–Kier alpha value is -2.04. The van der Waals surface area contributed by atoms with E-state index < -0.39 is 0 Å². The number of aromatic amines is 1. The van der Waals surface area contributed by atoms with Crippen LogP contribution in [0.4, 0.5) is 0 Å². The molecule has 1 aromatic heterocycles. The second kappa shape index (κ2) is 5.53. The monoisotopic (exact) mass is 273 g/mol. The number of aromatic nitrogens is 2. The Morgan fingerprint density at radius 3 is 3.20 bits per heavy atom. The first-order chi connectivity index (χ1) is 9.70. The van der Waals surface area contributed by atoms with E-state index in [9.17, 15) is 4.79 Å². The Kier molecular flexibility index (Phi) is 3.58. The van der Waals surface area contributed by atoms with Crippen LogP contribution in [0.3, 0.4) is 0 Å². The van der Waals surface area contributed by atoms with Gasteiger partial charge in [0.1, 0.15) is 11.9 Å². The van der Waals surface area contributed by atoms with Crippen molar-refractivity contribution in [1.29, 1.82) is 0 Å². The molecule has 1 aliphatic carbocycles. The van der Waals surface area contributed by atoms with E-state index in [1.165, 1.54) is 0 Å². The molecule has 1 aliphatic rings. The van der Waals surface area contributed by atoms with E-state index >= 15 is 0 Å². The molecule has 1 amide bonds. The fourth-order valence-corrected chi connectivity index (χ4v) is 2.86. The van der Waals surface area contributed by atoms with Crippen LogP contribution >= 0.6 is 0 Å². The number of amides is 1. The lowest BCUT2D eigenvalue weighted by atomic mass is 9.93. The molecule has 5 nitrogen and oxygen atoms in total. The van der Waals surface area contributed by atoms with Crippen LogP contribution in [0.1, 0.15) is 32.6 Å². The maximum atomic E-state index is 11.1. The third kappa shape index (κ3) is 2.92. The van der Waals surface area contributed by atoms with E-state index in [4.69, 9.17) is 4.74 Å². The normalized spacial score (nSPS) is 22.6. The predicted molar refractivity (Wildman–Crippen MR) is 76.6 cm³/mol. The van der Waals surface area contributed by atoms with Crippen molar-refractivity contribution in [3.63, 3.8) is 0 Å². The zero-order valence-electron chi connectivity index (χ0n) is 11.6. The van der Waals surface area contributed by atoms with Crippen molar-refractivity contribution in [3.05, 3.63) is 24.4 Å². The topological polar surface area (TPSA) is 67.0 Å². The van der Waals surface area contributed by atoms with Crippen LogP contribution in [0.15, 0.2) is 24.4 Å². The number of H-pyrrole nitrogens is 1. The van der Waals surface area contributed by atoms with Gasteiger partial charge in [0.2, 0.25) is 5.91 Å². The highest BCUT2D eigenvalue weighted by molar-refractivity contribution is 5.79. The summed E-state index contributed by atoms with van der Waals surface area (Å²) >= 11 is 0. The van der Waals surface area contributed by atoms with Crippen molar-refractivity contribution in [3.8, 4) is 5.75 Å². The molecule has 1 fully saturated rings. The molecule has 0 spiro atoms. The van der Waals surface area contributed by atoms with Gasteiger partial charge in [0.15, 0.2) is 0 Å². The van der Waals surface area contributed by atoms with Crippen LogP contribution in [0.5, 0.6) is 5.75 Å². The zero-order chi connectivity index (χ0) is 13.9. The molecule has 2 N–H and O–H groups in total. The van der Waals surface area contributed by atoms with Crippen molar-refractivity contribution in [2.45, 2.75) is 44.8 Å². The minimum absolute atomic E-state index is 0.0375. The molecule has 5 heteroatoms. The SMILES string of the molecule is CC(=O)N[C@@H]1CCC[C@@H](Oc2ccc3[nH]ncc3c2)C1. The minimum atomic E-state index is 0.0375. The number of nitrogens with zero attached hydrogens (tertiary/aromatic N) is 1. The molecule has 2 atom stereocenters. The van der Waals surface area contributed by atoms with Gasteiger partial charge in [-0.3, -0.25) is 9.89 Å². The third-order valence-corrected chi connectivity index (χ3v) is 3.75.